The van der Waals surface area contributed by atoms with E-state index in [4.69, 9.17) is 18.0 Å². The van der Waals surface area contributed by atoms with Gasteiger partial charge >= 0.3 is 0 Å². The zero-order chi connectivity index (χ0) is 15.0. The minimum absolute atomic E-state index is 0.250. The van der Waals surface area contributed by atoms with Crippen LogP contribution in [0.4, 0.5) is 0 Å². The molecular formula is C16H18IN3S. The lowest BCUT2D eigenvalue weighted by molar-refractivity contribution is 0.138. The van der Waals surface area contributed by atoms with Crippen LogP contribution in [0.5, 0.6) is 0 Å². The fourth-order valence-corrected chi connectivity index (χ4v) is 4.34. The van der Waals surface area contributed by atoms with Crippen LogP contribution in [0.1, 0.15) is 18.4 Å². The summed E-state index contributed by atoms with van der Waals surface area (Å²) < 4.78 is 1.12. The lowest BCUT2D eigenvalue weighted by atomic mass is 9.70. The highest BCUT2D eigenvalue weighted by molar-refractivity contribution is 14.1. The molecule has 2 aliphatic rings. The van der Waals surface area contributed by atoms with Gasteiger partial charge in [-0.25, -0.2) is 0 Å². The maximum atomic E-state index is 6.19. The van der Waals surface area contributed by atoms with Crippen molar-refractivity contribution >= 4 is 39.8 Å². The fourth-order valence-electron chi connectivity index (χ4n) is 3.56. The SMILES string of the molecule is C=CCN1[C@@H]2C=C[C@H]1C[C@](C(N)=S)(c1cncc(I)c1)C2. The summed E-state index contributed by atoms with van der Waals surface area (Å²) in [5.41, 5.74) is 7.09. The zero-order valence-electron chi connectivity index (χ0n) is 11.7. The van der Waals surface area contributed by atoms with Gasteiger partial charge in [-0.05, 0) is 47.1 Å². The van der Waals surface area contributed by atoms with E-state index in [-0.39, 0.29) is 5.41 Å². The van der Waals surface area contributed by atoms with Crippen molar-refractivity contribution in [1.82, 2.24) is 9.88 Å². The molecule has 0 aromatic carbocycles. The van der Waals surface area contributed by atoms with Crippen LogP contribution in [0.15, 0.2) is 43.3 Å². The van der Waals surface area contributed by atoms with Gasteiger partial charge in [0.25, 0.3) is 0 Å². The Morgan fingerprint density at radius 3 is 2.67 bits per heavy atom. The third-order valence-electron chi connectivity index (χ3n) is 4.59. The smallest absolute Gasteiger partial charge is 0.0836 e. The van der Waals surface area contributed by atoms with Gasteiger partial charge in [0.05, 0.1) is 10.4 Å². The van der Waals surface area contributed by atoms with Gasteiger partial charge in [0.2, 0.25) is 0 Å². The van der Waals surface area contributed by atoms with E-state index in [0.29, 0.717) is 17.1 Å². The molecule has 0 radical (unpaired) electrons. The van der Waals surface area contributed by atoms with Crippen molar-refractivity contribution in [3.05, 3.63) is 52.4 Å². The molecule has 21 heavy (non-hydrogen) atoms. The van der Waals surface area contributed by atoms with E-state index in [1.807, 2.05) is 18.5 Å². The van der Waals surface area contributed by atoms with Gasteiger partial charge < -0.3 is 5.73 Å². The van der Waals surface area contributed by atoms with Gasteiger partial charge in [-0.15, -0.1) is 6.58 Å². The number of thiocarbonyl (C=S) groups is 1. The summed E-state index contributed by atoms with van der Waals surface area (Å²) in [6.07, 6.45) is 12.2. The molecule has 1 fully saturated rings. The predicted molar refractivity (Wildman–Crippen MR) is 98.3 cm³/mol. The fraction of sp³-hybridized carbons (Fsp3) is 0.375. The number of hydrogen-bond acceptors (Lipinski definition) is 3. The van der Waals surface area contributed by atoms with Crippen molar-refractivity contribution in [2.75, 3.05) is 6.54 Å². The van der Waals surface area contributed by atoms with Gasteiger partial charge in [0, 0.05) is 34.6 Å². The van der Waals surface area contributed by atoms with E-state index in [9.17, 15) is 0 Å². The molecule has 0 unspecified atom stereocenters. The third-order valence-corrected chi connectivity index (χ3v) is 5.57. The third kappa shape index (κ3) is 2.55. The molecule has 0 aliphatic carbocycles. The van der Waals surface area contributed by atoms with Crippen molar-refractivity contribution in [2.24, 2.45) is 5.73 Å². The molecule has 1 saturated heterocycles. The Balaban J connectivity index is 1.99. The van der Waals surface area contributed by atoms with E-state index < -0.39 is 0 Å². The van der Waals surface area contributed by atoms with E-state index in [0.717, 1.165) is 28.5 Å². The summed E-state index contributed by atoms with van der Waals surface area (Å²) in [4.78, 5) is 7.39. The van der Waals surface area contributed by atoms with Crippen LogP contribution in [0.25, 0.3) is 0 Å². The van der Waals surface area contributed by atoms with Gasteiger partial charge in [-0.1, -0.05) is 30.4 Å². The lowest BCUT2D eigenvalue weighted by Crippen LogP contribution is -2.54. The summed E-state index contributed by atoms with van der Waals surface area (Å²) >= 11 is 7.76. The van der Waals surface area contributed by atoms with Crippen molar-refractivity contribution < 1.29 is 0 Å². The number of piperidine rings is 1. The van der Waals surface area contributed by atoms with Crippen LogP contribution in [-0.2, 0) is 5.41 Å². The number of halogens is 1. The Bertz CT molecular complexity index is 597. The summed E-state index contributed by atoms with van der Waals surface area (Å²) in [5.74, 6) is 0. The highest BCUT2D eigenvalue weighted by Crippen LogP contribution is 2.44. The second-order valence-electron chi connectivity index (χ2n) is 5.75. The standard InChI is InChI=1S/C16H18IN3S/c1-2-5-20-13-3-4-14(20)8-16(7-13,15(18)21)11-6-12(17)10-19-9-11/h2-4,6,9-10,13-14H,1,5,7-8H2,(H2,18,21)/t13-,14+,16+. The number of nitrogens with zero attached hydrogens (tertiary/aromatic N) is 2. The highest BCUT2D eigenvalue weighted by atomic mass is 127. The maximum Gasteiger partial charge on any atom is 0.0836 e. The Morgan fingerprint density at radius 2 is 2.14 bits per heavy atom. The molecule has 0 spiro atoms. The van der Waals surface area contributed by atoms with E-state index in [1.165, 1.54) is 0 Å². The quantitative estimate of drug-likeness (QED) is 0.470. The van der Waals surface area contributed by atoms with Crippen molar-refractivity contribution in [3.8, 4) is 0 Å². The van der Waals surface area contributed by atoms with Gasteiger partial charge in [-0.3, -0.25) is 9.88 Å². The molecule has 2 aliphatic heterocycles. The molecule has 3 rings (SSSR count). The number of aromatic nitrogens is 1. The normalized spacial score (nSPS) is 31.3. The Morgan fingerprint density at radius 1 is 1.48 bits per heavy atom. The van der Waals surface area contributed by atoms with Crippen molar-refractivity contribution in [1.29, 1.82) is 0 Å². The zero-order valence-corrected chi connectivity index (χ0v) is 14.7. The first-order chi connectivity index (χ1) is 10.1. The molecule has 3 atom stereocenters. The second-order valence-corrected chi connectivity index (χ2v) is 7.44. The molecule has 2 bridgehead atoms. The van der Waals surface area contributed by atoms with Crippen molar-refractivity contribution in [3.63, 3.8) is 0 Å². The van der Waals surface area contributed by atoms with Crippen LogP contribution < -0.4 is 5.73 Å². The first kappa shape index (κ1) is 15.1. The van der Waals surface area contributed by atoms with Crippen molar-refractivity contribution in [2.45, 2.75) is 30.3 Å². The Kier molecular flexibility index (Phi) is 4.16. The average molecular weight is 411 g/mol. The number of pyridine rings is 1. The van der Waals surface area contributed by atoms with E-state index in [2.05, 4.69) is 57.3 Å². The predicted octanol–water partition coefficient (Wildman–Crippen LogP) is 2.80. The topological polar surface area (TPSA) is 42.1 Å². The van der Waals surface area contributed by atoms with Crippen LogP contribution >= 0.6 is 34.8 Å². The van der Waals surface area contributed by atoms with Gasteiger partial charge in [-0.2, -0.15) is 0 Å². The minimum atomic E-state index is -0.250. The first-order valence-electron chi connectivity index (χ1n) is 7.03. The average Bonchev–Trinajstić information content (AvgIpc) is 2.71. The highest BCUT2D eigenvalue weighted by Gasteiger charge is 2.48. The maximum absolute atomic E-state index is 6.19. The molecule has 3 heterocycles. The number of fused-ring (bicyclic) bond motifs is 2. The monoisotopic (exact) mass is 411 g/mol. The van der Waals surface area contributed by atoms with E-state index >= 15 is 0 Å². The van der Waals surface area contributed by atoms with Crippen LogP contribution in [0.3, 0.4) is 0 Å². The minimum Gasteiger partial charge on any atom is -0.393 e. The summed E-state index contributed by atoms with van der Waals surface area (Å²) in [5, 5.41) is 0. The molecule has 1 aromatic rings. The van der Waals surface area contributed by atoms with E-state index in [1.54, 1.807) is 0 Å². The van der Waals surface area contributed by atoms with Gasteiger partial charge in [0.1, 0.15) is 0 Å². The van der Waals surface area contributed by atoms with Crippen LogP contribution in [0.2, 0.25) is 0 Å². The second kappa shape index (κ2) is 5.78. The summed E-state index contributed by atoms with van der Waals surface area (Å²) in [6.45, 7) is 4.76. The molecule has 1 aromatic heterocycles. The Hall–Kier alpha value is -0.790. The number of rotatable bonds is 4. The largest absolute Gasteiger partial charge is 0.393 e. The number of hydrogen-bond donors (Lipinski definition) is 1. The number of nitrogens with two attached hydrogens (primary N) is 1. The summed E-state index contributed by atoms with van der Waals surface area (Å²) in [6, 6.07) is 2.91. The Labute approximate surface area is 144 Å². The molecule has 5 heteroatoms. The van der Waals surface area contributed by atoms with Crippen LogP contribution in [0, 0.1) is 3.57 Å². The van der Waals surface area contributed by atoms with Crippen LogP contribution in [-0.4, -0.2) is 33.5 Å². The molecule has 110 valence electrons. The summed E-state index contributed by atoms with van der Waals surface area (Å²) in [7, 11) is 0. The molecular weight excluding hydrogens is 393 g/mol. The molecule has 0 saturated carbocycles. The first-order valence-corrected chi connectivity index (χ1v) is 8.51. The lowest BCUT2D eigenvalue weighted by Gasteiger charge is -2.46. The molecule has 0 amide bonds. The van der Waals surface area contributed by atoms with Gasteiger partial charge in [0.15, 0.2) is 0 Å². The molecule has 2 N–H and O–H groups in total. The molecule has 3 nitrogen and oxygen atoms in total.